The van der Waals surface area contributed by atoms with Gasteiger partial charge in [-0.05, 0) is 102 Å². The quantitative estimate of drug-likeness (QED) is 0.246. The molecular formula is C31H33NP+. The third-order valence-electron chi connectivity index (χ3n) is 8.83. The van der Waals surface area contributed by atoms with Crippen molar-refractivity contribution in [3.8, 4) is 11.3 Å². The highest BCUT2D eigenvalue weighted by atomic mass is 31.1. The summed E-state index contributed by atoms with van der Waals surface area (Å²) in [5.74, 6) is 0.891. The van der Waals surface area contributed by atoms with E-state index >= 15 is 0 Å². The van der Waals surface area contributed by atoms with Crippen LogP contribution in [0.3, 0.4) is 0 Å². The van der Waals surface area contributed by atoms with Crippen LogP contribution in [0.15, 0.2) is 42.6 Å². The maximum atomic E-state index is 2.62. The molecule has 1 nitrogen and oxygen atoms in total. The zero-order valence-corrected chi connectivity index (χ0v) is 21.1. The molecule has 2 heterocycles. The number of aromatic nitrogens is 1. The summed E-state index contributed by atoms with van der Waals surface area (Å²) in [6, 6.07) is 14.6. The van der Waals surface area contributed by atoms with E-state index in [9.17, 15) is 0 Å². The van der Waals surface area contributed by atoms with Gasteiger partial charge in [0.25, 0.3) is 0 Å². The monoisotopic (exact) mass is 450 g/mol. The van der Waals surface area contributed by atoms with Gasteiger partial charge in [0.05, 0.1) is 10.9 Å². The minimum atomic E-state index is -0.367. The van der Waals surface area contributed by atoms with E-state index in [-0.39, 0.29) is 7.92 Å². The zero-order chi connectivity index (χ0) is 22.3. The molecule has 0 bridgehead atoms. The second-order valence-electron chi connectivity index (χ2n) is 10.8. The van der Waals surface area contributed by atoms with Crippen molar-refractivity contribution in [2.45, 2.75) is 58.3 Å². The molecule has 2 aliphatic carbocycles. The SMILES string of the molecule is Cc1c2c(c3c4c(cccc14)CCC3)P(C)c1cc(CC3CCCC3)cc3cc[n+](C)c-2c13. The maximum Gasteiger partial charge on any atom is 0.221 e. The Labute approximate surface area is 198 Å². The molecule has 33 heavy (non-hydrogen) atoms. The number of aryl methyl sites for hydroxylation is 4. The van der Waals surface area contributed by atoms with Crippen molar-refractivity contribution >= 4 is 40.1 Å². The van der Waals surface area contributed by atoms with Gasteiger partial charge in [-0.1, -0.05) is 56.0 Å². The van der Waals surface area contributed by atoms with E-state index in [1.807, 2.05) is 0 Å². The second kappa shape index (κ2) is 7.38. The Morgan fingerprint density at radius 1 is 1.00 bits per heavy atom. The van der Waals surface area contributed by atoms with E-state index in [4.69, 9.17) is 0 Å². The highest BCUT2D eigenvalue weighted by molar-refractivity contribution is 7.73. The van der Waals surface area contributed by atoms with Crippen molar-refractivity contribution in [3.05, 3.63) is 64.8 Å². The summed E-state index contributed by atoms with van der Waals surface area (Å²) in [5, 5.41) is 9.38. The van der Waals surface area contributed by atoms with E-state index in [1.54, 1.807) is 38.2 Å². The highest BCUT2D eigenvalue weighted by Gasteiger charge is 2.36. The van der Waals surface area contributed by atoms with Crippen molar-refractivity contribution in [1.82, 2.24) is 0 Å². The molecule has 4 aromatic rings. The first kappa shape index (κ1) is 20.2. The topological polar surface area (TPSA) is 3.88 Å². The Kier molecular flexibility index (Phi) is 4.51. The van der Waals surface area contributed by atoms with Crippen LogP contribution >= 0.6 is 7.92 Å². The molecule has 3 aliphatic rings. The average molecular weight is 451 g/mol. The third-order valence-corrected chi connectivity index (χ3v) is 11.1. The average Bonchev–Trinajstić information content (AvgIpc) is 3.33. The number of benzene rings is 3. The lowest BCUT2D eigenvalue weighted by Gasteiger charge is -2.32. The van der Waals surface area contributed by atoms with Crippen LogP contribution in [0.2, 0.25) is 0 Å². The number of rotatable bonds is 2. The molecule has 7 rings (SSSR count). The minimum absolute atomic E-state index is 0.367. The van der Waals surface area contributed by atoms with Crippen LogP contribution in [-0.2, 0) is 26.3 Å². The normalized spacial score (nSPS) is 19.4. The van der Waals surface area contributed by atoms with E-state index in [0.717, 1.165) is 5.92 Å². The molecule has 0 N–H and O–H groups in total. The lowest BCUT2D eigenvalue weighted by atomic mass is 9.83. The Bertz CT molecular complexity index is 1460. The molecule has 1 unspecified atom stereocenters. The zero-order valence-electron chi connectivity index (χ0n) is 20.2. The molecule has 0 amide bonds. The summed E-state index contributed by atoms with van der Waals surface area (Å²) in [6.45, 7) is 4.94. The van der Waals surface area contributed by atoms with Crippen molar-refractivity contribution in [1.29, 1.82) is 0 Å². The standard InChI is InChI=1S/C31H33NP/c1-19-24-12-6-10-22-11-7-13-25(28(22)24)31-27(19)30-29-23(14-15-32(30)2)17-21(18-26(29)33(31)3)16-20-8-4-5-9-20/h6,10,12,14-15,17-18,20H,4-5,7-9,11,13,16H2,1-3H3/q+1. The van der Waals surface area contributed by atoms with E-state index < -0.39 is 0 Å². The predicted octanol–water partition coefficient (Wildman–Crippen LogP) is 6.39. The smallest absolute Gasteiger partial charge is 0.200 e. The van der Waals surface area contributed by atoms with E-state index in [1.165, 1.54) is 78.8 Å². The molecule has 3 aromatic carbocycles. The largest absolute Gasteiger partial charge is 0.221 e. The lowest BCUT2D eigenvalue weighted by Crippen LogP contribution is -2.37. The molecule has 0 radical (unpaired) electrons. The van der Waals surface area contributed by atoms with Gasteiger partial charge in [-0.2, -0.15) is 0 Å². The number of fused-ring (bicyclic) bond motifs is 3. The molecule has 0 saturated heterocycles. The fourth-order valence-corrected chi connectivity index (χ4v) is 9.72. The van der Waals surface area contributed by atoms with Crippen molar-refractivity contribution < 1.29 is 4.57 Å². The van der Waals surface area contributed by atoms with Gasteiger partial charge < -0.3 is 0 Å². The summed E-state index contributed by atoms with van der Waals surface area (Å²) in [4.78, 5) is 0. The van der Waals surface area contributed by atoms with Crippen LogP contribution in [-0.4, -0.2) is 6.66 Å². The molecule has 1 aliphatic heterocycles. The second-order valence-corrected chi connectivity index (χ2v) is 12.8. The number of hydrogen-bond acceptors (Lipinski definition) is 0. The summed E-state index contributed by atoms with van der Waals surface area (Å²) in [5.41, 5.74) is 9.32. The fraction of sp³-hybridized carbons (Fsp3) is 0.387. The fourth-order valence-electron chi connectivity index (χ4n) is 7.31. The van der Waals surface area contributed by atoms with Gasteiger partial charge in [0, 0.05) is 6.07 Å². The maximum absolute atomic E-state index is 2.62. The predicted molar refractivity (Wildman–Crippen MR) is 143 cm³/mol. The first-order chi connectivity index (χ1) is 16.1. The van der Waals surface area contributed by atoms with E-state index in [0.29, 0.717) is 0 Å². The van der Waals surface area contributed by atoms with Crippen molar-refractivity contribution in [2.24, 2.45) is 13.0 Å². The van der Waals surface area contributed by atoms with Crippen LogP contribution in [0.5, 0.6) is 0 Å². The van der Waals surface area contributed by atoms with Gasteiger partial charge in [-0.3, -0.25) is 0 Å². The van der Waals surface area contributed by atoms with Gasteiger partial charge >= 0.3 is 0 Å². The molecule has 166 valence electrons. The number of nitrogens with zero attached hydrogens (tertiary/aromatic N) is 1. The summed E-state index contributed by atoms with van der Waals surface area (Å²) in [6.07, 6.45) is 13.0. The van der Waals surface area contributed by atoms with Gasteiger partial charge in [-0.25, -0.2) is 4.57 Å². The van der Waals surface area contributed by atoms with E-state index in [2.05, 4.69) is 67.8 Å². The van der Waals surface area contributed by atoms with Crippen LogP contribution in [0.1, 0.15) is 54.4 Å². The Balaban J connectivity index is 1.56. The third kappa shape index (κ3) is 2.85. The molecule has 1 saturated carbocycles. The first-order valence-corrected chi connectivity index (χ1v) is 14.7. The summed E-state index contributed by atoms with van der Waals surface area (Å²) >= 11 is 0. The van der Waals surface area contributed by atoms with Crippen LogP contribution in [0.25, 0.3) is 32.8 Å². The molecule has 1 aromatic heterocycles. The van der Waals surface area contributed by atoms with Gasteiger partial charge in [0.15, 0.2) is 6.20 Å². The first-order valence-electron chi connectivity index (χ1n) is 12.9. The number of pyridine rings is 1. The lowest BCUT2D eigenvalue weighted by molar-refractivity contribution is -0.659. The molecule has 2 heteroatoms. The molecule has 1 fully saturated rings. The van der Waals surface area contributed by atoms with Crippen molar-refractivity contribution in [2.75, 3.05) is 6.66 Å². The summed E-state index contributed by atoms with van der Waals surface area (Å²) in [7, 11) is 1.89. The molecule has 0 spiro atoms. The minimum Gasteiger partial charge on any atom is -0.200 e. The number of hydrogen-bond donors (Lipinski definition) is 0. The Hall–Kier alpha value is -2.24. The van der Waals surface area contributed by atoms with Crippen LogP contribution in [0, 0.1) is 12.8 Å². The molecular weight excluding hydrogens is 417 g/mol. The van der Waals surface area contributed by atoms with Gasteiger partial charge in [0.1, 0.15) is 7.05 Å². The molecule has 1 atom stereocenters. The van der Waals surface area contributed by atoms with Gasteiger partial charge in [-0.15, -0.1) is 0 Å². The van der Waals surface area contributed by atoms with Crippen LogP contribution in [0.4, 0.5) is 0 Å². The van der Waals surface area contributed by atoms with Crippen LogP contribution < -0.4 is 15.2 Å². The Morgan fingerprint density at radius 3 is 2.70 bits per heavy atom. The Morgan fingerprint density at radius 2 is 1.85 bits per heavy atom. The van der Waals surface area contributed by atoms with Gasteiger partial charge in [0.2, 0.25) is 5.69 Å². The van der Waals surface area contributed by atoms with Crippen molar-refractivity contribution in [3.63, 3.8) is 0 Å². The highest BCUT2D eigenvalue weighted by Crippen LogP contribution is 2.49. The summed E-state index contributed by atoms with van der Waals surface area (Å²) < 4.78 is 2.40.